The first-order valence-electron chi connectivity index (χ1n) is 9.54. The molecule has 1 heterocycles. The lowest BCUT2D eigenvalue weighted by Crippen LogP contribution is -2.42. The third kappa shape index (κ3) is 4.97. The molecule has 0 spiro atoms. The molecule has 1 N–H and O–H groups in total. The van der Waals surface area contributed by atoms with E-state index in [-0.39, 0.29) is 24.4 Å². The highest BCUT2D eigenvalue weighted by atomic mass is 32.2. The summed E-state index contributed by atoms with van der Waals surface area (Å²) in [6.45, 7) is 0.736. The van der Waals surface area contributed by atoms with Crippen molar-refractivity contribution in [1.29, 1.82) is 0 Å². The average molecular weight is 448 g/mol. The largest absolute Gasteiger partial charge is 0.454 e. The van der Waals surface area contributed by atoms with Gasteiger partial charge in [0.1, 0.15) is 16.8 Å². The summed E-state index contributed by atoms with van der Waals surface area (Å²) in [5.41, 5.74) is 0.584. The molecule has 0 saturated carbocycles. The number of ether oxygens (including phenoxy) is 1. The van der Waals surface area contributed by atoms with Gasteiger partial charge in [-0.15, -0.1) is 0 Å². The molecule has 2 aromatic carbocycles. The predicted octanol–water partition coefficient (Wildman–Crippen LogP) is 2.36. The Kier molecular flexibility index (Phi) is 6.81. The number of para-hydroxylation sites is 1. The zero-order chi connectivity index (χ0) is 22.6. The van der Waals surface area contributed by atoms with Crippen LogP contribution in [0.2, 0.25) is 0 Å². The van der Waals surface area contributed by atoms with Gasteiger partial charge >= 0.3 is 5.97 Å². The van der Waals surface area contributed by atoms with Gasteiger partial charge in [-0.2, -0.15) is 4.31 Å². The van der Waals surface area contributed by atoms with Gasteiger partial charge in [-0.1, -0.05) is 24.3 Å². The molecule has 0 aliphatic carbocycles. The first kappa shape index (κ1) is 22.6. The summed E-state index contributed by atoms with van der Waals surface area (Å²) < 4.78 is 45.6. The van der Waals surface area contributed by atoms with E-state index in [0.29, 0.717) is 12.0 Å². The molecular formula is C21H21FN2O6S. The predicted molar refractivity (Wildman–Crippen MR) is 109 cm³/mol. The number of benzene rings is 2. The Morgan fingerprint density at radius 1 is 1.13 bits per heavy atom. The molecule has 0 aromatic heterocycles. The Labute approximate surface area is 179 Å². The number of carbonyl (C=O) groups is 3. The molecule has 0 bridgehead atoms. The Balaban J connectivity index is 1.66. The maximum atomic E-state index is 14.0. The fourth-order valence-corrected chi connectivity index (χ4v) is 5.08. The summed E-state index contributed by atoms with van der Waals surface area (Å²) in [5.74, 6) is -2.73. The standard InChI is InChI=1S/C21H21FN2O6S/c1-14(25)15-7-2-4-9-17(15)23-20(26)13-30-21(27)18-10-6-12-24(18)31(28,29)19-11-5-3-8-16(19)22/h2-5,7-9,11,18H,6,10,12-13H2,1H3,(H,23,26)/t18-/m1/s1. The van der Waals surface area contributed by atoms with E-state index in [1.807, 2.05) is 0 Å². The van der Waals surface area contributed by atoms with Crippen molar-refractivity contribution in [2.75, 3.05) is 18.5 Å². The van der Waals surface area contributed by atoms with E-state index in [1.54, 1.807) is 18.2 Å². The first-order valence-corrected chi connectivity index (χ1v) is 11.0. The number of carbonyl (C=O) groups excluding carboxylic acids is 3. The molecular weight excluding hydrogens is 427 g/mol. The van der Waals surface area contributed by atoms with Gasteiger partial charge in [0.05, 0.1) is 5.69 Å². The quantitative estimate of drug-likeness (QED) is 0.514. The second-order valence-electron chi connectivity index (χ2n) is 6.96. The van der Waals surface area contributed by atoms with Crippen molar-refractivity contribution in [3.63, 3.8) is 0 Å². The molecule has 1 atom stereocenters. The lowest BCUT2D eigenvalue weighted by Gasteiger charge is -2.22. The van der Waals surface area contributed by atoms with Crippen molar-refractivity contribution >= 4 is 33.4 Å². The van der Waals surface area contributed by atoms with Crippen LogP contribution in [0, 0.1) is 5.82 Å². The van der Waals surface area contributed by atoms with Crippen LogP contribution in [-0.4, -0.2) is 49.6 Å². The fourth-order valence-electron chi connectivity index (χ4n) is 3.36. The molecule has 8 nitrogen and oxygen atoms in total. The number of esters is 1. The van der Waals surface area contributed by atoms with Gasteiger partial charge < -0.3 is 10.1 Å². The van der Waals surface area contributed by atoms with Crippen molar-refractivity contribution in [3.05, 3.63) is 59.9 Å². The second kappa shape index (κ2) is 9.36. The third-order valence-electron chi connectivity index (χ3n) is 4.83. The third-order valence-corrected chi connectivity index (χ3v) is 6.77. The highest BCUT2D eigenvalue weighted by Gasteiger charge is 2.41. The fraction of sp³-hybridized carbons (Fsp3) is 0.286. The van der Waals surface area contributed by atoms with Crippen LogP contribution in [0.3, 0.4) is 0 Å². The van der Waals surface area contributed by atoms with E-state index in [2.05, 4.69) is 5.32 Å². The van der Waals surface area contributed by atoms with Crippen LogP contribution in [0.4, 0.5) is 10.1 Å². The molecule has 0 radical (unpaired) electrons. The first-order chi connectivity index (χ1) is 14.7. The zero-order valence-corrected chi connectivity index (χ0v) is 17.5. The average Bonchev–Trinajstić information content (AvgIpc) is 3.23. The van der Waals surface area contributed by atoms with Gasteiger partial charge in [0.2, 0.25) is 10.0 Å². The van der Waals surface area contributed by atoms with Gasteiger partial charge in [0.25, 0.3) is 5.91 Å². The van der Waals surface area contributed by atoms with E-state index in [0.717, 1.165) is 16.4 Å². The Bertz CT molecular complexity index is 1120. The monoisotopic (exact) mass is 448 g/mol. The van der Waals surface area contributed by atoms with Crippen LogP contribution < -0.4 is 5.32 Å². The van der Waals surface area contributed by atoms with Crippen LogP contribution in [0.15, 0.2) is 53.4 Å². The van der Waals surface area contributed by atoms with E-state index in [9.17, 15) is 27.2 Å². The summed E-state index contributed by atoms with van der Waals surface area (Å²) in [5, 5.41) is 2.49. The summed E-state index contributed by atoms with van der Waals surface area (Å²) in [6.07, 6.45) is 0.590. The number of hydrogen-bond donors (Lipinski definition) is 1. The number of rotatable bonds is 7. The number of nitrogens with one attached hydrogen (secondary N) is 1. The van der Waals surface area contributed by atoms with Crippen molar-refractivity contribution in [1.82, 2.24) is 4.31 Å². The highest BCUT2D eigenvalue weighted by Crippen LogP contribution is 2.28. The van der Waals surface area contributed by atoms with Crippen molar-refractivity contribution < 1.29 is 31.9 Å². The maximum absolute atomic E-state index is 14.0. The van der Waals surface area contributed by atoms with Crippen molar-refractivity contribution in [2.24, 2.45) is 0 Å². The van der Waals surface area contributed by atoms with Gasteiger partial charge in [-0.05, 0) is 44.0 Å². The second-order valence-corrected chi connectivity index (χ2v) is 8.82. The number of anilines is 1. The van der Waals surface area contributed by atoms with Gasteiger partial charge in [-0.3, -0.25) is 14.4 Å². The lowest BCUT2D eigenvalue weighted by atomic mass is 10.1. The number of ketones is 1. The number of sulfonamides is 1. The molecule has 1 saturated heterocycles. The molecule has 0 unspecified atom stereocenters. The van der Waals surface area contributed by atoms with Gasteiger partial charge in [0, 0.05) is 12.1 Å². The topological polar surface area (TPSA) is 110 Å². The molecule has 2 aromatic rings. The van der Waals surface area contributed by atoms with Crippen molar-refractivity contribution in [3.8, 4) is 0 Å². The molecule has 1 fully saturated rings. The number of hydrogen-bond acceptors (Lipinski definition) is 6. The number of nitrogens with zero attached hydrogens (tertiary/aromatic N) is 1. The minimum atomic E-state index is -4.25. The number of halogens is 1. The van der Waals surface area contributed by atoms with E-state index in [4.69, 9.17) is 4.74 Å². The summed E-state index contributed by atoms with van der Waals surface area (Å²) in [7, 11) is -4.25. The number of Topliss-reactive ketones (excluding diaryl/α,β-unsaturated/α-hetero) is 1. The molecule has 3 rings (SSSR count). The Hall–Kier alpha value is -3.11. The normalized spacial score (nSPS) is 16.6. The molecule has 10 heteroatoms. The van der Waals surface area contributed by atoms with Crippen molar-refractivity contribution in [2.45, 2.75) is 30.7 Å². The molecule has 1 amide bonds. The minimum Gasteiger partial charge on any atom is -0.454 e. The SMILES string of the molecule is CC(=O)c1ccccc1NC(=O)COC(=O)[C@H]1CCCN1S(=O)(=O)c1ccccc1F. The van der Waals surface area contributed by atoms with Crippen LogP contribution in [-0.2, 0) is 24.3 Å². The smallest absolute Gasteiger partial charge is 0.324 e. The lowest BCUT2D eigenvalue weighted by molar-refractivity contribution is -0.150. The van der Waals surface area contributed by atoms with Crippen LogP contribution >= 0.6 is 0 Å². The maximum Gasteiger partial charge on any atom is 0.324 e. The summed E-state index contributed by atoms with van der Waals surface area (Å²) in [4.78, 5) is 35.8. The van der Waals surface area contributed by atoms with Crippen LogP contribution in [0.25, 0.3) is 0 Å². The molecule has 1 aliphatic heterocycles. The minimum absolute atomic E-state index is 0.0363. The Morgan fingerprint density at radius 3 is 2.52 bits per heavy atom. The Morgan fingerprint density at radius 2 is 1.81 bits per heavy atom. The number of amides is 1. The molecule has 164 valence electrons. The van der Waals surface area contributed by atoms with E-state index < -0.39 is 45.3 Å². The highest BCUT2D eigenvalue weighted by molar-refractivity contribution is 7.89. The molecule has 1 aliphatic rings. The van der Waals surface area contributed by atoms with Gasteiger partial charge in [0.15, 0.2) is 12.4 Å². The van der Waals surface area contributed by atoms with Crippen LogP contribution in [0.1, 0.15) is 30.1 Å². The van der Waals surface area contributed by atoms with E-state index >= 15 is 0 Å². The molecule has 31 heavy (non-hydrogen) atoms. The summed E-state index contributed by atoms with van der Waals surface area (Å²) >= 11 is 0. The van der Waals surface area contributed by atoms with Crippen LogP contribution in [0.5, 0.6) is 0 Å². The van der Waals surface area contributed by atoms with Gasteiger partial charge in [-0.25, -0.2) is 12.8 Å². The summed E-state index contributed by atoms with van der Waals surface area (Å²) in [6, 6.07) is 10.1. The van der Waals surface area contributed by atoms with E-state index in [1.165, 1.54) is 25.1 Å². The zero-order valence-electron chi connectivity index (χ0n) is 16.7.